The molecule has 0 amide bonds. The van der Waals surface area contributed by atoms with Gasteiger partial charge in [-0.25, -0.2) is 0 Å². The maximum absolute atomic E-state index is 11.3. The van der Waals surface area contributed by atoms with Crippen LogP contribution in [-0.2, 0) is 14.3 Å². The number of unbranched alkanes of at least 4 members (excludes halogenated alkanes) is 15. The summed E-state index contributed by atoms with van der Waals surface area (Å²) in [5.74, 6) is -0.774. The molecule has 0 radical (unpaired) electrons. The minimum absolute atomic E-state index is 0.104. The molecule has 0 aliphatic carbocycles. The van der Waals surface area contributed by atoms with Crippen LogP contribution in [0, 0.1) is 0 Å². The highest BCUT2D eigenvalue weighted by Gasteiger charge is 2.01. The standard InChI is InChI=1S/C23H42O4/c1-2-21-27-23(26)20-18-16-14-12-10-8-6-4-3-5-7-9-11-13-15-17-19-22(24)25/h2H,1,3-21H2,(H,24,25). The van der Waals surface area contributed by atoms with Crippen molar-refractivity contribution in [1.29, 1.82) is 0 Å². The Bertz CT molecular complexity index is 365. The highest BCUT2D eigenvalue weighted by molar-refractivity contribution is 5.69. The van der Waals surface area contributed by atoms with E-state index in [1.165, 1.54) is 77.0 Å². The fourth-order valence-electron chi connectivity index (χ4n) is 3.24. The Hall–Kier alpha value is -1.32. The van der Waals surface area contributed by atoms with Crippen LogP contribution in [-0.4, -0.2) is 23.7 Å². The van der Waals surface area contributed by atoms with Crippen molar-refractivity contribution in [2.24, 2.45) is 0 Å². The summed E-state index contributed by atoms with van der Waals surface area (Å²) in [5.41, 5.74) is 0. The van der Waals surface area contributed by atoms with E-state index in [4.69, 9.17) is 9.84 Å². The molecule has 0 aromatic heterocycles. The first-order valence-electron chi connectivity index (χ1n) is 11.1. The minimum Gasteiger partial charge on any atom is -0.481 e. The van der Waals surface area contributed by atoms with Gasteiger partial charge < -0.3 is 9.84 Å². The first kappa shape index (κ1) is 25.7. The Morgan fingerprint density at radius 1 is 0.630 bits per heavy atom. The molecule has 0 aliphatic rings. The van der Waals surface area contributed by atoms with Gasteiger partial charge in [0.1, 0.15) is 6.61 Å². The topological polar surface area (TPSA) is 63.6 Å². The zero-order valence-corrected chi connectivity index (χ0v) is 17.4. The second-order valence-corrected chi connectivity index (χ2v) is 7.52. The Morgan fingerprint density at radius 2 is 0.963 bits per heavy atom. The van der Waals surface area contributed by atoms with Crippen LogP contribution in [0.5, 0.6) is 0 Å². The lowest BCUT2D eigenvalue weighted by Gasteiger charge is -2.04. The maximum Gasteiger partial charge on any atom is 0.306 e. The number of carbonyl (C=O) groups excluding carboxylic acids is 1. The summed E-state index contributed by atoms with van der Waals surface area (Å²) in [7, 11) is 0. The predicted molar refractivity (Wildman–Crippen MR) is 112 cm³/mol. The van der Waals surface area contributed by atoms with Crippen LogP contribution in [0.4, 0.5) is 0 Å². The van der Waals surface area contributed by atoms with Crippen LogP contribution in [0.1, 0.15) is 116 Å². The smallest absolute Gasteiger partial charge is 0.306 e. The normalized spacial score (nSPS) is 10.7. The van der Waals surface area contributed by atoms with Crippen LogP contribution in [0.2, 0.25) is 0 Å². The average molecular weight is 383 g/mol. The zero-order chi connectivity index (χ0) is 20.0. The lowest BCUT2D eigenvalue weighted by Crippen LogP contribution is -2.03. The Morgan fingerprint density at radius 3 is 1.30 bits per heavy atom. The summed E-state index contributed by atoms with van der Waals surface area (Å²) in [4.78, 5) is 21.7. The number of carboxylic acid groups (broad SMARTS) is 1. The number of carbonyl (C=O) groups is 2. The summed E-state index contributed by atoms with van der Waals surface area (Å²) in [5, 5.41) is 8.56. The van der Waals surface area contributed by atoms with Gasteiger partial charge in [-0.05, 0) is 12.8 Å². The van der Waals surface area contributed by atoms with Crippen molar-refractivity contribution in [3.8, 4) is 0 Å². The van der Waals surface area contributed by atoms with E-state index in [0.29, 0.717) is 19.4 Å². The molecule has 0 saturated heterocycles. The van der Waals surface area contributed by atoms with Crippen molar-refractivity contribution >= 4 is 11.9 Å². The lowest BCUT2D eigenvalue weighted by molar-refractivity contribution is -0.142. The molecule has 158 valence electrons. The Labute approximate surface area is 166 Å². The molecule has 0 aromatic carbocycles. The number of aliphatic carboxylic acids is 1. The van der Waals surface area contributed by atoms with Gasteiger partial charge in [-0.3, -0.25) is 9.59 Å². The molecule has 0 atom stereocenters. The van der Waals surface area contributed by atoms with Crippen molar-refractivity contribution in [2.75, 3.05) is 6.61 Å². The van der Waals surface area contributed by atoms with E-state index in [-0.39, 0.29) is 5.97 Å². The summed E-state index contributed by atoms with van der Waals surface area (Å²) < 4.78 is 4.95. The molecule has 4 heteroatoms. The zero-order valence-electron chi connectivity index (χ0n) is 17.4. The summed E-state index contributed by atoms with van der Waals surface area (Å²) in [6.07, 6.45) is 22.1. The summed E-state index contributed by atoms with van der Waals surface area (Å²) in [6.45, 7) is 3.85. The first-order chi connectivity index (χ1) is 13.2. The molecule has 0 heterocycles. The van der Waals surface area contributed by atoms with E-state index in [2.05, 4.69) is 6.58 Å². The van der Waals surface area contributed by atoms with E-state index in [9.17, 15) is 9.59 Å². The predicted octanol–water partition coefficient (Wildman–Crippen LogP) is 6.82. The Balaban J connectivity index is 3.08. The van der Waals surface area contributed by atoms with E-state index in [0.717, 1.165) is 25.7 Å². The minimum atomic E-state index is -0.670. The van der Waals surface area contributed by atoms with E-state index in [1.54, 1.807) is 6.08 Å². The van der Waals surface area contributed by atoms with E-state index >= 15 is 0 Å². The van der Waals surface area contributed by atoms with Crippen LogP contribution >= 0.6 is 0 Å². The SMILES string of the molecule is C=CCOC(=O)CCCCCCCCCCCCCCCCCCC(=O)O. The molecule has 0 saturated carbocycles. The average Bonchev–Trinajstić information content (AvgIpc) is 2.65. The van der Waals surface area contributed by atoms with Gasteiger partial charge in [-0.15, -0.1) is 0 Å². The number of hydrogen-bond acceptors (Lipinski definition) is 3. The van der Waals surface area contributed by atoms with Gasteiger partial charge in [0.2, 0.25) is 0 Å². The number of rotatable bonds is 21. The quantitative estimate of drug-likeness (QED) is 0.134. The first-order valence-corrected chi connectivity index (χ1v) is 11.1. The van der Waals surface area contributed by atoms with Gasteiger partial charge >= 0.3 is 11.9 Å². The highest BCUT2D eigenvalue weighted by atomic mass is 16.5. The van der Waals surface area contributed by atoms with Gasteiger partial charge in [0.25, 0.3) is 0 Å². The third-order valence-electron chi connectivity index (χ3n) is 4.88. The third kappa shape index (κ3) is 22.6. The fourth-order valence-corrected chi connectivity index (χ4v) is 3.24. The molecule has 0 fully saturated rings. The lowest BCUT2D eigenvalue weighted by atomic mass is 10.0. The molecule has 0 spiro atoms. The number of ether oxygens (including phenoxy) is 1. The van der Waals surface area contributed by atoms with Crippen molar-refractivity contribution in [1.82, 2.24) is 0 Å². The molecular formula is C23H42O4. The van der Waals surface area contributed by atoms with Crippen molar-refractivity contribution < 1.29 is 19.4 Å². The number of esters is 1. The van der Waals surface area contributed by atoms with Crippen LogP contribution in [0.15, 0.2) is 12.7 Å². The molecule has 4 nitrogen and oxygen atoms in total. The van der Waals surface area contributed by atoms with Gasteiger partial charge in [0, 0.05) is 12.8 Å². The van der Waals surface area contributed by atoms with Gasteiger partial charge in [0.05, 0.1) is 0 Å². The van der Waals surface area contributed by atoms with Crippen molar-refractivity contribution in [3.63, 3.8) is 0 Å². The fraction of sp³-hybridized carbons (Fsp3) is 0.826. The molecule has 0 unspecified atom stereocenters. The van der Waals surface area contributed by atoms with Gasteiger partial charge in [-0.1, -0.05) is 103 Å². The number of hydrogen-bond donors (Lipinski definition) is 1. The molecule has 0 rings (SSSR count). The van der Waals surface area contributed by atoms with Crippen LogP contribution < -0.4 is 0 Å². The van der Waals surface area contributed by atoms with Gasteiger partial charge in [-0.2, -0.15) is 0 Å². The van der Waals surface area contributed by atoms with E-state index < -0.39 is 5.97 Å². The number of carboxylic acids is 1. The second kappa shape index (κ2) is 21.0. The van der Waals surface area contributed by atoms with Crippen molar-refractivity contribution in [2.45, 2.75) is 116 Å². The molecule has 0 aromatic rings. The third-order valence-corrected chi connectivity index (χ3v) is 4.88. The second-order valence-electron chi connectivity index (χ2n) is 7.52. The highest BCUT2D eigenvalue weighted by Crippen LogP contribution is 2.14. The van der Waals surface area contributed by atoms with E-state index in [1.807, 2.05) is 0 Å². The van der Waals surface area contributed by atoms with Crippen molar-refractivity contribution in [3.05, 3.63) is 12.7 Å². The molecule has 1 N–H and O–H groups in total. The molecule has 0 bridgehead atoms. The Kier molecular flexibility index (Phi) is 20.0. The van der Waals surface area contributed by atoms with Crippen LogP contribution in [0.25, 0.3) is 0 Å². The van der Waals surface area contributed by atoms with Gasteiger partial charge in [0.15, 0.2) is 0 Å². The molecule has 0 aliphatic heterocycles. The molecular weight excluding hydrogens is 340 g/mol. The molecule has 27 heavy (non-hydrogen) atoms. The van der Waals surface area contributed by atoms with Crippen LogP contribution in [0.3, 0.4) is 0 Å². The largest absolute Gasteiger partial charge is 0.481 e. The summed E-state index contributed by atoms with van der Waals surface area (Å²) in [6, 6.07) is 0. The monoisotopic (exact) mass is 382 g/mol. The maximum atomic E-state index is 11.3. The summed E-state index contributed by atoms with van der Waals surface area (Å²) >= 11 is 0.